The molecule has 1 aliphatic rings. The van der Waals surface area contributed by atoms with Crippen LogP contribution in [0.5, 0.6) is 5.75 Å². The number of fused-ring (bicyclic) bond motifs is 1. The van der Waals surface area contributed by atoms with Crippen LogP contribution in [0.3, 0.4) is 0 Å². The number of ether oxygens (including phenoxy) is 2. The van der Waals surface area contributed by atoms with Crippen LogP contribution < -0.4 is 4.74 Å². The highest BCUT2D eigenvalue weighted by Crippen LogP contribution is 2.34. The molecule has 1 N–H and O–H groups in total. The van der Waals surface area contributed by atoms with Gasteiger partial charge in [-0.25, -0.2) is 14.6 Å². The maximum absolute atomic E-state index is 10.1. The molecule has 1 aliphatic heterocycles. The third-order valence-electron chi connectivity index (χ3n) is 5.82. The zero-order chi connectivity index (χ0) is 24.6. The first-order valence-corrected chi connectivity index (χ1v) is 12.2. The number of nitrogens with zero attached hydrogens (tertiary/aromatic N) is 6. The number of hydrogen-bond donors (Lipinski definition) is 1. The molecule has 1 fully saturated rings. The summed E-state index contributed by atoms with van der Waals surface area (Å²) < 4.78 is 15.7. The van der Waals surface area contributed by atoms with Crippen LogP contribution in [0.4, 0.5) is 0 Å². The monoisotopic (exact) mass is 476 g/mol. The van der Waals surface area contributed by atoms with Gasteiger partial charge in [0.2, 0.25) is 0 Å². The number of hydrogen-bond acceptors (Lipinski definition) is 7. The van der Waals surface area contributed by atoms with E-state index in [4.69, 9.17) is 19.6 Å². The Morgan fingerprint density at radius 1 is 1.23 bits per heavy atom. The van der Waals surface area contributed by atoms with Crippen LogP contribution in [-0.2, 0) is 11.3 Å². The molecule has 0 spiro atoms. The van der Waals surface area contributed by atoms with Gasteiger partial charge in [-0.2, -0.15) is 10.2 Å². The quantitative estimate of drug-likeness (QED) is 0.416. The maximum Gasteiger partial charge on any atom is 0.181 e. The molecule has 0 bridgehead atoms. The van der Waals surface area contributed by atoms with Gasteiger partial charge in [0.15, 0.2) is 12.1 Å². The second kappa shape index (κ2) is 9.39. The molecule has 0 saturated carbocycles. The summed E-state index contributed by atoms with van der Waals surface area (Å²) in [6.45, 7) is 8.65. The van der Waals surface area contributed by atoms with E-state index in [0.717, 1.165) is 53.8 Å². The second-order valence-corrected chi connectivity index (χ2v) is 9.96. The standard InChI is InChI=1S/C26H32N6O3/c1-17(2)35-19-8-9-22-20(13-19)24(30-32(22)23-7-5-6-12-34-23)25-27-11-10-21(29-25)18-14-28-31(15-18)16-26(3,4)33/h8-11,13-15,17,23,33H,5-7,12,16H2,1-4H3. The van der Waals surface area contributed by atoms with E-state index in [2.05, 4.69) is 10.1 Å². The number of rotatable bonds is 7. The molecule has 1 saturated heterocycles. The molecule has 4 heterocycles. The average molecular weight is 477 g/mol. The largest absolute Gasteiger partial charge is 0.491 e. The first-order valence-electron chi connectivity index (χ1n) is 12.2. The van der Waals surface area contributed by atoms with Crippen molar-refractivity contribution in [2.24, 2.45) is 0 Å². The van der Waals surface area contributed by atoms with Crippen LogP contribution in [0, 0.1) is 0 Å². The summed E-state index contributed by atoms with van der Waals surface area (Å²) in [7, 11) is 0. The van der Waals surface area contributed by atoms with Gasteiger partial charge in [-0.05, 0) is 71.2 Å². The van der Waals surface area contributed by atoms with Gasteiger partial charge in [-0.3, -0.25) is 4.68 Å². The van der Waals surface area contributed by atoms with Crippen molar-refractivity contribution in [3.8, 4) is 28.5 Å². The minimum Gasteiger partial charge on any atom is -0.491 e. The molecule has 35 heavy (non-hydrogen) atoms. The van der Waals surface area contributed by atoms with Crippen molar-refractivity contribution >= 4 is 10.9 Å². The summed E-state index contributed by atoms with van der Waals surface area (Å²) in [5, 5.41) is 20.4. The fourth-order valence-electron chi connectivity index (χ4n) is 4.38. The van der Waals surface area contributed by atoms with Gasteiger partial charge in [0.25, 0.3) is 0 Å². The van der Waals surface area contributed by atoms with Gasteiger partial charge < -0.3 is 14.6 Å². The molecule has 0 amide bonds. The zero-order valence-corrected chi connectivity index (χ0v) is 20.7. The summed E-state index contributed by atoms with van der Waals surface area (Å²) in [4.78, 5) is 9.40. The molecular weight excluding hydrogens is 444 g/mol. The van der Waals surface area contributed by atoms with E-state index >= 15 is 0 Å². The predicted octanol–water partition coefficient (Wildman–Crippen LogP) is 4.61. The van der Waals surface area contributed by atoms with Gasteiger partial charge in [-0.15, -0.1) is 0 Å². The van der Waals surface area contributed by atoms with Crippen LogP contribution in [0.2, 0.25) is 0 Å². The molecule has 1 unspecified atom stereocenters. The fraction of sp³-hybridized carbons (Fsp3) is 0.462. The van der Waals surface area contributed by atoms with E-state index < -0.39 is 5.60 Å². The normalized spacial score (nSPS) is 16.8. The SMILES string of the molecule is CC(C)Oc1ccc2c(c1)c(-c1nccc(-c3cnn(CC(C)(C)O)c3)n1)nn2C1CCCCO1. The maximum atomic E-state index is 10.1. The highest BCUT2D eigenvalue weighted by atomic mass is 16.5. The molecule has 1 aromatic carbocycles. The molecule has 1 atom stereocenters. The van der Waals surface area contributed by atoms with Crippen molar-refractivity contribution in [1.29, 1.82) is 0 Å². The van der Waals surface area contributed by atoms with Gasteiger partial charge in [0.05, 0.1) is 35.7 Å². The molecule has 9 nitrogen and oxygen atoms in total. The molecule has 0 aliphatic carbocycles. The van der Waals surface area contributed by atoms with Crippen LogP contribution in [-0.4, -0.2) is 52.9 Å². The number of benzene rings is 1. The van der Waals surface area contributed by atoms with Crippen LogP contribution in [0.15, 0.2) is 42.9 Å². The lowest BCUT2D eigenvalue weighted by molar-refractivity contribution is -0.0365. The number of aromatic nitrogens is 6. The van der Waals surface area contributed by atoms with Crippen molar-refractivity contribution in [2.45, 2.75) is 71.4 Å². The smallest absolute Gasteiger partial charge is 0.181 e. The Balaban J connectivity index is 1.57. The lowest BCUT2D eigenvalue weighted by Crippen LogP contribution is -2.26. The Morgan fingerprint density at radius 3 is 2.83 bits per heavy atom. The summed E-state index contributed by atoms with van der Waals surface area (Å²) in [5.41, 5.74) is 2.39. The molecule has 3 aromatic heterocycles. The van der Waals surface area contributed by atoms with E-state index in [1.165, 1.54) is 0 Å². The summed E-state index contributed by atoms with van der Waals surface area (Å²) in [6.07, 6.45) is 8.42. The first kappa shape index (κ1) is 23.4. The van der Waals surface area contributed by atoms with Gasteiger partial charge >= 0.3 is 0 Å². The molecule has 4 aromatic rings. The Hall–Kier alpha value is -3.30. The minimum atomic E-state index is -0.858. The molecular formula is C26H32N6O3. The lowest BCUT2D eigenvalue weighted by Gasteiger charge is -2.23. The Labute approximate surface area is 204 Å². The Kier molecular flexibility index (Phi) is 6.29. The van der Waals surface area contributed by atoms with Crippen LogP contribution in [0.1, 0.15) is 53.2 Å². The minimum absolute atomic E-state index is 0.0626. The molecule has 184 valence electrons. The van der Waals surface area contributed by atoms with Gasteiger partial charge in [0.1, 0.15) is 11.4 Å². The van der Waals surface area contributed by atoms with E-state index in [1.807, 2.05) is 49.0 Å². The molecule has 0 radical (unpaired) electrons. The van der Waals surface area contributed by atoms with Crippen molar-refractivity contribution in [1.82, 2.24) is 29.5 Å². The van der Waals surface area contributed by atoms with Gasteiger partial charge in [0, 0.05) is 30.0 Å². The lowest BCUT2D eigenvalue weighted by atomic mass is 10.1. The van der Waals surface area contributed by atoms with E-state index in [0.29, 0.717) is 18.1 Å². The topological polar surface area (TPSA) is 100 Å². The van der Waals surface area contributed by atoms with E-state index in [-0.39, 0.29) is 12.3 Å². The highest BCUT2D eigenvalue weighted by molar-refractivity contribution is 5.93. The Bertz CT molecular complexity index is 1310. The molecule has 9 heteroatoms. The van der Waals surface area contributed by atoms with Crippen LogP contribution in [0.25, 0.3) is 33.7 Å². The third kappa shape index (κ3) is 5.21. The predicted molar refractivity (Wildman–Crippen MR) is 133 cm³/mol. The number of aliphatic hydroxyl groups is 1. The first-order chi connectivity index (χ1) is 16.8. The second-order valence-electron chi connectivity index (χ2n) is 9.96. The summed E-state index contributed by atoms with van der Waals surface area (Å²) in [5.74, 6) is 1.31. The molecule has 5 rings (SSSR count). The van der Waals surface area contributed by atoms with Gasteiger partial charge in [-0.1, -0.05) is 0 Å². The Morgan fingerprint density at radius 2 is 2.09 bits per heavy atom. The third-order valence-corrected chi connectivity index (χ3v) is 5.82. The van der Waals surface area contributed by atoms with Crippen molar-refractivity contribution in [2.75, 3.05) is 6.61 Å². The van der Waals surface area contributed by atoms with Crippen molar-refractivity contribution in [3.05, 3.63) is 42.9 Å². The van der Waals surface area contributed by atoms with Crippen molar-refractivity contribution < 1.29 is 14.6 Å². The highest BCUT2D eigenvalue weighted by Gasteiger charge is 2.23. The zero-order valence-electron chi connectivity index (χ0n) is 20.7. The van der Waals surface area contributed by atoms with Crippen LogP contribution >= 0.6 is 0 Å². The van der Waals surface area contributed by atoms with E-state index in [9.17, 15) is 5.11 Å². The van der Waals surface area contributed by atoms with E-state index in [1.54, 1.807) is 30.9 Å². The van der Waals surface area contributed by atoms with Crippen molar-refractivity contribution in [3.63, 3.8) is 0 Å². The summed E-state index contributed by atoms with van der Waals surface area (Å²) in [6, 6.07) is 7.87. The fourth-order valence-corrected chi connectivity index (χ4v) is 4.38. The average Bonchev–Trinajstić information content (AvgIpc) is 3.43. The summed E-state index contributed by atoms with van der Waals surface area (Å²) >= 11 is 0.